The molecule has 2 heterocycles. The monoisotopic (exact) mass is 337 g/mol. The second-order valence-corrected chi connectivity index (χ2v) is 6.43. The molecular weight excluding hydrogens is 314 g/mol. The number of aryl methyl sites for hydroxylation is 1. The molecule has 0 saturated heterocycles. The van der Waals surface area contributed by atoms with E-state index in [1.165, 1.54) is 10.2 Å². The number of hydrogen-bond donors (Lipinski definition) is 1. The van der Waals surface area contributed by atoms with E-state index in [9.17, 15) is 4.79 Å². The highest BCUT2D eigenvalue weighted by Gasteiger charge is 2.23. The Balaban J connectivity index is 2.00. The Bertz CT molecular complexity index is 920. The van der Waals surface area contributed by atoms with Crippen LogP contribution in [0.15, 0.2) is 53.5 Å². The minimum atomic E-state index is -0.145. The first-order valence-corrected chi connectivity index (χ1v) is 8.29. The minimum Gasteiger partial charge on any atom is -0.362 e. The third-order valence-corrected chi connectivity index (χ3v) is 4.34. The highest BCUT2D eigenvalue weighted by atomic mass is 16.1. The standard InChI is InChI=1S/C19H23N5O/c1-13(17(23(2)3)14-9-6-5-7-10-14)21-18-16-15(11-8-12-20-16)19(25)24(4)22-18/h5-13,17H,1-4H3,(H,21,22)/t13-,17?/m1/s1. The number of anilines is 1. The smallest absolute Gasteiger partial charge is 0.276 e. The van der Waals surface area contributed by atoms with Gasteiger partial charge >= 0.3 is 0 Å². The van der Waals surface area contributed by atoms with Gasteiger partial charge in [-0.2, -0.15) is 5.10 Å². The molecule has 0 bridgehead atoms. The summed E-state index contributed by atoms with van der Waals surface area (Å²) in [6.07, 6.45) is 1.68. The molecule has 1 N–H and O–H groups in total. The van der Waals surface area contributed by atoms with E-state index in [1.807, 2.05) is 18.2 Å². The van der Waals surface area contributed by atoms with Crippen LogP contribution in [0.5, 0.6) is 0 Å². The topological polar surface area (TPSA) is 63.1 Å². The van der Waals surface area contributed by atoms with E-state index in [0.717, 1.165) is 0 Å². The summed E-state index contributed by atoms with van der Waals surface area (Å²) in [4.78, 5) is 18.8. The van der Waals surface area contributed by atoms with E-state index in [0.29, 0.717) is 16.7 Å². The molecule has 25 heavy (non-hydrogen) atoms. The van der Waals surface area contributed by atoms with Gasteiger partial charge in [0.15, 0.2) is 5.82 Å². The summed E-state index contributed by atoms with van der Waals surface area (Å²) >= 11 is 0. The van der Waals surface area contributed by atoms with Crippen LogP contribution in [0.2, 0.25) is 0 Å². The van der Waals surface area contributed by atoms with Crippen molar-refractivity contribution in [1.82, 2.24) is 19.7 Å². The van der Waals surface area contributed by atoms with Crippen molar-refractivity contribution in [3.05, 3.63) is 64.6 Å². The molecule has 0 aliphatic rings. The number of hydrogen-bond acceptors (Lipinski definition) is 5. The predicted molar refractivity (Wildman–Crippen MR) is 101 cm³/mol. The fourth-order valence-corrected chi connectivity index (χ4v) is 3.26. The fourth-order valence-electron chi connectivity index (χ4n) is 3.26. The number of nitrogens with one attached hydrogen (secondary N) is 1. The zero-order valence-corrected chi connectivity index (χ0v) is 15.0. The van der Waals surface area contributed by atoms with Crippen molar-refractivity contribution in [3.63, 3.8) is 0 Å². The minimum absolute atomic E-state index is 0.0626. The van der Waals surface area contributed by atoms with Gasteiger partial charge in [-0.05, 0) is 38.7 Å². The van der Waals surface area contributed by atoms with Crippen molar-refractivity contribution < 1.29 is 0 Å². The van der Waals surface area contributed by atoms with Crippen LogP contribution in [0.25, 0.3) is 10.9 Å². The molecule has 130 valence electrons. The molecule has 0 fully saturated rings. The molecule has 2 atom stereocenters. The van der Waals surface area contributed by atoms with Gasteiger partial charge in [0.2, 0.25) is 0 Å². The Labute approximate surface area is 147 Å². The van der Waals surface area contributed by atoms with Crippen molar-refractivity contribution in [2.75, 3.05) is 19.4 Å². The zero-order chi connectivity index (χ0) is 18.0. The lowest BCUT2D eigenvalue weighted by Gasteiger charge is -2.31. The second kappa shape index (κ2) is 7.03. The summed E-state index contributed by atoms with van der Waals surface area (Å²) in [5.74, 6) is 0.619. The van der Waals surface area contributed by atoms with Gasteiger partial charge in [-0.25, -0.2) is 4.68 Å². The quantitative estimate of drug-likeness (QED) is 0.775. The molecule has 0 aliphatic heterocycles. The second-order valence-electron chi connectivity index (χ2n) is 6.43. The summed E-state index contributed by atoms with van der Waals surface area (Å²) in [5.41, 5.74) is 1.67. The number of benzene rings is 1. The van der Waals surface area contributed by atoms with Gasteiger partial charge in [0.25, 0.3) is 5.56 Å². The normalized spacial score (nSPS) is 13.8. The van der Waals surface area contributed by atoms with Crippen LogP contribution in [-0.2, 0) is 7.05 Å². The number of pyridine rings is 1. The Morgan fingerprint density at radius 3 is 2.52 bits per heavy atom. The van der Waals surface area contributed by atoms with Crippen molar-refractivity contribution in [2.24, 2.45) is 7.05 Å². The molecule has 0 radical (unpaired) electrons. The average Bonchev–Trinajstić information content (AvgIpc) is 2.60. The van der Waals surface area contributed by atoms with Gasteiger partial charge in [-0.1, -0.05) is 30.3 Å². The van der Waals surface area contributed by atoms with E-state index in [4.69, 9.17) is 0 Å². The van der Waals surface area contributed by atoms with Crippen LogP contribution >= 0.6 is 0 Å². The molecule has 2 aromatic heterocycles. The van der Waals surface area contributed by atoms with E-state index in [2.05, 4.69) is 53.5 Å². The lowest BCUT2D eigenvalue weighted by atomic mass is 9.99. The third-order valence-electron chi connectivity index (χ3n) is 4.34. The number of rotatable bonds is 5. The van der Waals surface area contributed by atoms with Crippen molar-refractivity contribution in [1.29, 1.82) is 0 Å². The summed E-state index contributed by atoms with van der Waals surface area (Å²) < 4.78 is 1.35. The maximum absolute atomic E-state index is 12.3. The number of fused-ring (bicyclic) bond motifs is 1. The molecule has 1 aromatic carbocycles. The molecular formula is C19H23N5O. The molecule has 0 aliphatic carbocycles. The van der Waals surface area contributed by atoms with Crippen LogP contribution in [0.4, 0.5) is 5.82 Å². The van der Waals surface area contributed by atoms with Crippen LogP contribution in [0.1, 0.15) is 18.5 Å². The van der Waals surface area contributed by atoms with Crippen LogP contribution < -0.4 is 10.9 Å². The Kier molecular flexibility index (Phi) is 4.81. The van der Waals surface area contributed by atoms with E-state index in [1.54, 1.807) is 25.4 Å². The van der Waals surface area contributed by atoms with E-state index >= 15 is 0 Å². The largest absolute Gasteiger partial charge is 0.362 e. The molecule has 3 rings (SSSR count). The lowest BCUT2D eigenvalue weighted by Crippen LogP contribution is -2.35. The molecule has 0 spiro atoms. The summed E-state index contributed by atoms with van der Waals surface area (Å²) in [6.45, 7) is 2.11. The molecule has 3 aromatic rings. The van der Waals surface area contributed by atoms with Crippen LogP contribution in [0.3, 0.4) is 0 Å². The maximum atomic E-state index is 12.3. The predicted octanol–water partition coefficient (Wildman–Crippen LogP) is 2.43. The number of aromatic nitrogens is 3. The van der Waals surface area contributed by atoms with Gasteiger partial charge in [0, 0.05) is 19.3 Å². The van der Waals surface area contributed by atoms with Crippen molar-refractivity contribution in [3.8, 4) is 0 Å². The highest BCUT2D eigenvalue weighted by molar-refractivity contribution is 5.87. The Hall–Kier alpha value is -2.73. The van der Waals surface area contributed by atoms with Gasteiger partial charge in [-0.15, -0.1) is 0 Å². The third kappa shape index (κ3) is 3.39. The Morgan fingerprint density at radius 2 is 1.84 bits per heavy atom. The maximum Gasteiger partial charge on any atom is 0.276 e. The van der Waals surface area contributed by atoms with Gasteiger partial charge in [0.05, 0.1) is 11.4 Å². The summed E-state index contributed by atoms with van der Waals surface area (Å²) in [6, 6.07) is 14.1. The first kappa shape index (κ1) is 17.1. The SMILES string of the molecule is C[C@@H](Nc1nn(C)c(=O)c2cccnc12)C(c1ccccc1)N(C)C. The lowest BCUT2D eigenvalue weighted by molar-refractivity contribution is 0.275. The molecule has 1 unspecified atom stereocenters. The average molecular weight is 337 g/mol. The molecule has 6 nitrogen and oxygen atoms in total. The van der Waals surface area contributed by atoms with Gasteiger partial charge in [-0.3, -0.25) is 9.78 Å². The molecule has 0 amide bonds. The fraction of sp³-hybridized carbons (Fsp3) is 0.316. The van der Waals surface area contributed by atoms with Crippen LogP contribution in [0, 0.1) is 0 Å². The number of nitrogens with zero attached hydrogens (tertiary/aromatic N) is 4. The molecule has 6 heteroatoms. The number of likely N-dealkylation sites (N-methyl/N-ethyl adjacent to an activating group) is 1. The summed E-state index contributed by atoms with van der Waals surface area (Å²) in [5, 5.41) is 8.41. The van der Waals surface area contributed by atoms with Crippen LogP contribution in [-0.4, -0.2) is 39.8 Å². The first-order valence-electron chi connectivity index (χ1n) is 8.29. The van der Waals surface area contributed by atoms with Gasteiger partial charge in [0.1, 0.15) is 5.52 Å². The highest BCUT2D eigenvalue weighted by Crippen LogP contribution is 2.25. The van der Waals surface area contributed by atoms with E-state index in [-0.39, 0.29) is 17.6 Å². The zero-order valence-electron chi connectivity index (χ0n) is 15.0. The van der Waals surface area contributed by atoms with E-state index < -0.39 is 0 Å². The Morgan fingerprint density at radius 1 is 1.12 bits per heavy atom. The first-order chi connectivity index (χ1) is 12.0. The van der Waals surface area contributed by atoms with Gasteiger partial charge < -0.3 is 10.2 Å². The van der Waals surface area contributed by atoms with Crippen molar-refractivity contribution in [2.45, 2.75) is 19.0 Å². The van der Waals surface area contributed by atoms with Crippen molar-refractivity contribution >= 4 is 16.7 Å². The summed E-state index contributed by atoms with van der Waals surface area (Å²) in [7, 11) is 5.77. The molecule has 0 saturated carbocycles.